The highest BCUT2D eigenvalue weighted by Crippen LogP contribution is 2.48. The van der Waals surface area contributed by atoms with Crippen molar-refractivity contribution in [1.29, 1.82) is 0 Å². The van der Waals surface area contributed by atoms with Crippen molar-refractivity contribution < 1.29 is 33.3 Å². The van der Waals surface area contributed by atoms with E-state index in [0.29, 0.717) is 51.8 Å². The first-order valence-electron chi connectivity index (χ1n) is 11.6. The number of carbonyl (C=O) groups is 3. The maximum Gasteiger partial charge on any atom is 0.336 e. The summed E-state index contributed by atoms with van der Waals surface area (Å²) in [6, 6.07) is 5.25. The van der Waals surface area contributed by atoms with Gasteiger partial charge in [0.25, 0.3) is 0 Å². The fourth-order valence-corrected chi connectivity index (χ4v) is 5.22. The molecule has 1 N–H and O–H groups in total. The van der Waals surface area contributed by atoms with E-state index in [2.05, 4.69) is 5.32 Å². The first-order chi connectivity index (χ1) is 16.8. The summed E-state index contributed by atoms with van der Waals surface area (Å²) in [6.45, 7) is 5.94. The zero-order valence-electron chi connectivity index (χ0n) is 21.1. The molecule has 1 aromatic rings. The Labute approximate surface area is 210 Å². The molecule has 0 saturated carbocycles. The number of dihydropyridines is 1. The average molecular weight is 504 g/mol. The Hall–Kier alpha value is -2.94. The number of nitrogens with one attached hydrogen (secondary N) is 1. The van der Waals surface area contributed by atoms with Crippen LogP contribution in [0.25, 0.3) is 0 Å². The lowest BCUT2D eigenvalue weighted by atomic mass is 9.69. The van der Waals surface area contributed by atoms with Crippen LogP contribution in [0.1, 0.15) is 38.7 Å². The van der Waals surface area contributed by atoms with E-state index in [4.69, 9.17) is 18.9 Å². The lowest BCUT2D eigenvalue weighted by Crippen LogP contribution is -2.43. The second-order valence-electron chi connectivity index (χ2n) is 8.48. The van der Waals surface area contributed by atoms with Crippen LogP contribution in [0.15, 0.2) is 40.7 Å². The third-order valence-electron chi connectivity index (χ3n) is 6.38. The minimum absolute atomic E-state index is 0.252. The number of esters is 2. The van der Waals surface area contributed by atoms with Gasteiger partial charge in [-0.05, 0) is 31.1 Å². The smallest absolute Gasteiger partial charge is 0.336 e. The van der Waals surface area contributed by atoms with Crippen molar-refractivity contribution >= 4 is 29.5 Å². The van der Waals surface area contributed by atoms with Crippen LogP contribution in [-0.4, -0.2) is 57.2 Å². The molecule has 0 spiro atoms. The minimum Gasteiger partial charge on any atom is -0.497 e. The van der Waals surface area contributed by atoms with Gasteiger partial charge in [0.15, 0.2) is 5.78 Å². The maximum atomic E-state index is 13.8. The Morgan fingerprint density at radius 1 is 1.17 bits per heavy atom. The van der Waals surface area contributed by atoms with Crippen LogP contribution in [0.4, 0.5) is 0 Å². The first kappa shape index (κ1) is 26.7. The lowest BCUT2D eigenvalue weighted by molar-refractivity contribution is -0.151. The number of ether oxygens (including phenoxy) is 4. The number of carbonyl (C=O) groups excluding carboxylic acids is 3. The molecule has 3 rings (SSSR count). The van der Waals surface area contributed by atoms with E-state index in [-0.39, 0.29) is 18.3 Å². The summed E-state index contributed by atoms with van der Waals surface area (Å²) >= 11 is 1.67. The lowest BCUT2D eigenvalue weighted by Gasteiger charge is -2.38. The molecule has 0 aromatic heterocycles. The van der Waals surface area contributed by atoms with Crippen molar-refractivity contribution in [3.63, 3.8) is 0 Å². The highest BCUT2D eigenvalue weighted by Gasteiger charge is 2.47. The van der Waals surface area contributed by atoms with Crippen molar-refractivity contribution in [3.8, 4) is 11.5 Å². The molecule has 190 valence electrons. The van der Waals surface area contributed by atoms with Crippen LogP contribution in [-0.2, 0) is 23.9 Å². The summed E-state index contributed by atoms with van der Waals surface area (Å²) < 4.78 is 21.5. The Morgan fingerprint density at radius 3 is 2.54 bits per heavy atom. The van der Waals surface area contributed by atoms with E-state index in [1.807, 2.05) is 13.8 Å². The van der Waals surface area contributed by atoms with Crippen LogP contribution >= 0.6 is 11.8 Å². The topological polar surface area (TPSA) is 100 Å². The molecule has 1 aliphatic heterocycles. The van der Waals surface area contributed by atoms with Crippen LogP contribution in [0.3, 0.4) is 0 Å². The number of rotatable bonds is 9. The molecule has 1 aliphatic carbocycles. The monoisotopic (exact) mass is 503 g/mol. The molecule has 0 bridgehead atoms. The minimum atomic E-state index is -0.955. The van der Waals surface area contributed by atoms with Gasteiger partial charge in [0.1, 0.15) is 24.0 Å². The summed E-state index contributed by atoms with van der Waals surface area (Å²) in [5.41, 5.74) is 2.60. The van der Waals surface area contributed by atoms with Crippen LogP contribution < -0.4 is 14.8 Å². The average Bonchev–Trinajstić information content (AvgIpc) is 2.84. The number of hydrogen-bond donors (Lipinski definition) is 1. The normalized spacial score (nSPS) is 21.8. The predicted octanol–water partition coefficient (Wildman–Crippen LogP) is 3.61. The van der Waals surface area contributed by atoms with Crippen LogP contribution in [0, 0.1) is 11.8 Å². The van der Waals surface area contributed by atoms with Gasteiger partial charge in [-0.2, -0.15) is 11.8 Å². The van der Waals surface area contributed by atoms with Gasteiger partial charge in [0.2, 0.25) is 0 Å². The van der Waals surface area contributed by atoms with Gasteiger partial charge in [0, 0.05) is 34.3 Å². The van der Waals surface area contributed by atoms with E-state index in [1.165, 1.54) is 14.2 Å². The van der Waals surface area contributed by atoms with Crippen molar-refractivity contribution in [2.75, 3.05) is 39.4 Å². The van der Waals surface area contributed by atoms with Crippen molar-refractivity contribution in [3.05, 3.63) is 46.3 Å². The summed E-state index contributed by atoms with van der Waals surface area (Å²) in [5, 5.41) is 3.26. The molecule has 3 atom stereocenters. The highest BCUT2D eigenvalue weighted by atomic mass is 32.2. The Bertz CT molecular complexity index is 1060. The van der Waals surface area contributed by atoms with Gasteiger partial charge in [-0.25, -0.2) is 4.79 Å². The molecule has 2 aliphatic rings. The zero-order chi connectivity index (χ0) is 25.7. The molecular formula is C26H33NO7S. The van der Waals surface area contributed by atoms with E-state index >= 15 is 0 Å². The highest BCUT2D eigenvalue weighted by molar-refractivity contribution is 7.99. The summed E-state index contributed by atoms with van der Waals surface area (Å²) in [7, 11) is 4.34. The van der Waals surface area contributed by atoms with Crippen LogP contribution in [0.5, 0.6) is 11.5 Å². The van der Waals surface area contributed by atoms with E-state index < -0.39 is 23.8 Å². The van der Waals surface area contributed by atoms with Gasteiger partial charge < -0.3 is 24.3 Å². The van der Waals surface area contributed by atoms with E-state index in [9.17, 15) is 14.4 Å². The number of ketones is 1. The Morgan fingerprint density at radius 2 is 1.91 bits per heavy atom. The van der Waals surface area contributed by atoms with E-state index in [1.54, 1.807) is 44.0 Å². The Kier molecular flexibility index (Phi) is 8.88. The number of Topliss-reactive ketones (excluding diaryl/α,β-unsaturated/α-hetero) is 1. The molecule has 0 amide bonds. The molecule has 8 nitrogen and oxygen atoms in total. The third kappa shape index (κ3) is 5.34. The van der Waals surface area contributed by atoms with Gasteiger partial charge in [-0.1, -0.05) is 19.9 Å². The number of methoxy groups -OCH3 is 3. The fraction of sp³-hybridized carbons (Fsp3) is 0.500. The molecule has 1 aromatic carbocycles. The van der Waals surface area contributed by atoms with Crippen LogP contribution in [0.2, 0.25) is 0 Å². The maximum absolute atomic E-state index is 13.8. The number of thioether (sulfide) groups is 1. The second kappa shape index (κ2) is 11.7. The fourth-order valence-electron chi connectivity index (χ4n) is 4.73. The molecule has 0 radical (unpaired) electrons. The largest absolute Gasteiger partial charge is 0.497 e. The molecule has 9 heteroatoms. The number of benzene rings is 1. The predicted molar refractivity (Wildman–Crippen MR) is 133 cm³/mol. The van der Waals surface area contributed by atoms with E-state index in [0.717, 1.165) is 5.75 Å². The first-order valence-corrected chi connectivity index (χ1v) is 12.7. The van der Waals surface area contributed by atoms with Gasteiger partial charge in [-0.15, -0.1) is 0 Å². The van der Waals surface area contributed by atoms with Gasteiger partial charge in [0.05, 0.1) is 32.8 Å². The summed E-state index contributed by atoms with van der Waals surface area (Å²) in [4.78, 5) is 39.7. The molecular weight excluding hydrogens is 470 g/mol. The molecule has 0 unspecified atom stereocenters. The second-order valence-corrected chi connectivity index (χ2v) is 9.87. The van der Waals surface area contributed by atoms with Crippen molar-refractivity contribution in [2.45, 2.75) is 33.1 Å². The standard InChI is InChI=1S/C26H33NO7S/c1-7-35-11-10-34-26(30)21-15(3)27-18-12-14(2)20(25(29)33-6)24(28)23(18)22(21)17-9-8-16(31-4)13-19(17)32-5/h8-9,13-14,20,22,27H,7,10-12H2,1-6H3/t14-,20+,22+/m0/s1. The quantitative estimate of drug-likeness (QED) is 0.308. The number of allylic oxidation sites excluding steroid dienone is 3. The van der Waals surface area contributed by atoms with Gasteiger partial charge >= 0.3 is 11.9 Å². The molecule has 0 saturated heterocycles. The molecule has 1 heterocycles. The number of hydrogen-bond acceptors (Lipinski definition) is 9. The summed E-state index contributed by atoms with van der Waals surface area (Å²) in [5.74, 6) is -0.807. The van der Waals surface area contributed by atoms with Crippen molar-refractivity contribution in [2.24, 2.45) is 11.8 Å². The van der Waals surface area contributed by atoms with Crippen molar-refractivity contribution in [1.82, 2.24) is 5.32 Å². The molecule has 35 heavy (non-hydrogen) atoms. The van der Waals surface area contributed by atoms with Gasteiger partial charge in [-0.3, -0.25) is 9.59 Å². The third-order valence-corrected chi connectivity index (χ3v) is 7.24. The summed E-state index contributed by atoms with van der Waals surface area (Å²) in [6.07, 6.45) is 0.461. The molecule has 0 fully saturated rings. The zero-order valence-corrected chi connectivity index (χ0v) is 21.9. The Balaban J connectivity index is 2.15. The SMILES string of the molecule is CCSCCOC(=O)C1=C(C)NC2=C(C(=O)[C@H](C(=O)OC)[C@@H](C)C2)[C@@H]1c1ccc(OC)cc1OC.